The fourth-order valence-electron chi connectivity index (χ4n) is 1.46. The first-order valence-electron chi connectivity index (χ1n) is 4.86. The van der Waals surface area contributed by atoms with Crippen molar-refractivity contribution in [3.05, 3.63) is 52.3 Å². The zero-order valence-electron chi connectivity index (χ0n) is 8.79. The van der Waals surface area contributed by atoms with E-state index in [-0.39, 0.29) is 0 Å². The molecule has 0 bridgehead atoms. The number of halogens is 1. The minimum atomic E-state index is 0.915. The number of hydrogen-bond donors (Lipinski definition) is 0. The van der Waals surface area contributed by atoms with Gasteiger partial charge in [-0.25, -0.2) is 4.98 Å². The summed E-state index contributed by atoms with van der Waals surface area (Å²) in [5, 5.41) is 0. The number of benzene rings is 1. The maximum Gasteiger partial charge on any atom is 0.109 e. The lowest BCUT2D eigenvalue weighted by Crippen LogP contribution is -1.85. The molecule has 2 heteroatoms. The van der Waals surface area contributed by atoms with E-state index in [1.54, 1.807) is 0 Å². The fourth-order valence-corrected chi connectivity index (χ4v) is 1.68. The molecule has 0 saturated heterocycles. The van der Waals surface area contributed by atoms with Gasteiger partial charge in [0.15, 0.2) is 0 Å². The van der Waals surface area contributed by atoms with Crippen LogP contribution in [-0.4, -0.2) is 4.98 Å². The molecule has 15 heavy (non-hydrogen) atoms. The molecule has 1 aromatic heterocycles. The molecule has 1 nitrogen and oxygen atoms in total. The smallest absolute Gasteiger partial charge is 0.109 e. The molecule has 0 spiro atoms. The van der Waals surface area contributed by atoms with Gasteiger partial charge in [-0.3, -0.25) is 0 Å². The van der Waals surface area contributed by atoms with Gasteiger partial charge in [-0.2, -0.15) is 0 Å². The van der Waals surface area contributed by atoms with Crippen LogP contribution in [0.2, 0.25) is 0 Å². The van der Waals surface area contributed by atoms with Gasteiger partial charge in [0, 0.05) is 11.8 Å². The molecular formula is C13H12BrN. The summed E-state index contributed by atoms with van der Waals surface area (Å²) < 4.78 is 0.915. The second-order valence-corrected chi connectivity index (χ2v) is 4.45. The van der Waals surface area contributed by atoms with Crippen molar-refractivity contribution in [1.29, 1.82) is 0 Å². The molecule has 2 rings (SSSR count). The molecule has 0 unspecified atom stereocenters. The average molecular weight is 262 g/mol. The highest BCUT2D eigenvalue weighted by molar-refractivity contribution is 9.10. The monoisotopic (exact) mass is 261 g/mol. The average Bonchev–Trinajstić information content (AvgIpc) is 2.23. The first-order chi connectivity index (χ1) is 7.16. The van der Waals surface area contributed by atoms with Gasteiger partial charge < -0.3 is 0 Å². The fraction of sp³-hybridized carbons (Fsp3) is 0.154. The second-order valence-electron chi connectivity index (χ2n) is 3.70. The van der Waals surface area contributed by atoms with Crippen LogP contribution in [0.25, 0.3) is 11.1 Å². The molecule has 0 aliphatic carbocycles. The predicted molar refractivity (Wildman–Crippen MR) is 66.8 cm³/mol. The summed E-state index contributed by atoms with van der Waals surface area (Å²) in [6.45, 7) is 4.14. The van der Waals surface area contributed by atoms with E-state index < -0.39 is 0 Å². The Morgan fingerprint density at radius 1 is 1.00 bits per heavy atom. The highest BCUT2D eigenvalue weighted by Gasteiger charge is 2.00. The molecular weight excluding hydrogens is 250 g/mol. The van der Waals surface area contributed by atoms with Crippen molar-refractivity contribution < 1.29 is 0 Å². The van der Waals surface area contributed by atoms with E-state index in [1.165, 1.54) is 11.1 Å². The highest BCUT2D eigenvalue weighted by atomic mass is 79.9. The van der Waals surface area contributed by atoms with Crippen LogP contribution >= 0.6 is 15.9 Å². The van der Waals surface area contributed by atoms with Crippen molar-refractivity contribution >= 4 is 15.9 Å². The SMILES string of the molecule is Cc1ccc(-c2cnc(Br)c(C)c2)cc1. The van der Waals surface area contributed by atoms with Crippen LogP contribution in [0.3, 0.4) is 0 Å². The second kappa shape index (κ2) is 4.15. The Kier molecular flexibility index (Phi) is 2.87. The van der Waals surface area contributed by atoms with Gasteiger partial charge in [0.05, 0.1) is 0 Å². The van der Waals surface area contributed by atoms with E-state index in [2.05, 4.69) is 65.1 Å². The van der Waals surface area contributed by atoms with Crippen LogP contribution in [0, 0.1) is 13.8 Å². The Bertz CT molecular complexity index is 474. The molecule has 0 atom stereocenters. The molecule has 0 N–H and O–H groups in total. The van der Waals surface area contributed by atoms with E-state index >= 15 is 0 Å². The van der Waals surface area contributed by atoms with E-state index in [4.69, 9.17) is 0 Å². The third kappa shape index (κ3) is 2.26. The summed E-state index contributed by atoms with van der Waals surface area (Å²) in [4.78, 5) is 4.29. The minimum Gasteiger partial charge on any atom is -0.248 e. The highest BCUT2D eigenvalue weighted by Crippen LogP contribution is 2.22. The Morgan fingerprint density at radius 2 is 1.67 bits per heavy atom. The van der Waals surface area contributed by atoms with E-state index in [9.17, 15) is 0 Å². The van der Waals surface area contributed by atoms with Crippen LogP contribution in [0.15, 0.2) is 41.1 Å². The van der Waals surface area contributed by atoms with Gasteiger partial charge in [0.25, 0.3) is 0 Å². The maximum absolute atomic E-state index is 4.29. The molecule has 1 aromatic carbocycles. The largest absolute Gasteiger partial charge is 0.248 e. The van der Waals surface area contributed by atoms with Crippen molar-refractivity contribution in [1.82, 2.24) is 4.98 Å². The third-order valence-corrected chi connectivity index (χ3v) is 3.23. The quantitative estimate of drug-likeness (QED) is 0.704. The summed E-state index contributed by atoms with van der Waals surface area (Å²) in [7, 11) is 0. The molecule has 2 aromatic rings. The molecule has 0 aliphatic rings. The van der Waals surface area contributed by atoms with E-state index in [0.29, 0.717) is 0 Å². The lowest BCUT2D eigenvalue weighted by molar-refractivity contribution is 1.22. The Hall–Kier alpha value is -1.15. The van der Waals surface area contributed by atoms with Crippen molar-refractivity contribution in [3.8, 4) is 11.1 Å². The summed E-state index contributed by atoms with van der Waals surface area (Å²) in [6.07, 6.45) is 1.89. The van der Waals surface area contributed by atoms with Crippen LogP contribution in [0.1, 0.15) is 11.1 Å². The summed E-state index contributed by atoms with van der Waals surface area (Å²) in [6, 6.07) is 10.6. The molecule has 0 fully saturated rings. The Morgan fingerprint density at radius 3 is 2.27 bits per heavy atom. The number of hydrogen-bond acceptors (Lipinski definition) is 1. The standard InChI is InChI=1S/C13H12BrN/c1-9-3-5-11(6-4-9)12-7-10(2)13(14)15-8-12/h3-8H,1-2H3. The topological polar surface area (TPSA) is 12.9 Å². The first-order valence-corrected chi connectivity index (χ1v) is 5.65. The molecule has 76 valence electrons. The lowest BCUT2D eigenvalue weighted by atomic mass is 10.1. The minimum absolute atomic E-state index is 0.915. The summed E-state index contributed by atoms with van der Waals surface area (Å²) in [5.74, 6) is 0. The van der Waals surface area contributed by atoms with Crippen LogP contribution < -0.4 is 0 Å². The van der Waals surface area contributed by atoms with Crippen molar-refractivity contribution in [2.45, 2.75) is 13.8 Å². The maximum atomic E-state index is 4.29. The van der Waals surface area contributed by atoms with Gasteiger partial charge in [-0.1, -0.05) is 29.8 Å². The lowest BCUT2D eigenvalue weighted by Gasteiger charge is -2.04. The third-order valence-electron chi connectivity index (χ3n) is 2.40. The van der Waals surface area contributed by atoms with Crippen LogP contribution in [0.4, 0.5) is 0 Å². The zero-order valence-corrected chi connectivity index (χ0v) is 10.4. The molecule has 0 amide bonds. The van der Waals surface area contributed by atoms with E-state index in [1.807, 2.05) is 6.20 Å². The summed E-state index contributed by atoms with van der Waals surface area (Å²) in [5.41, 5.74) is 4.81. The molecule has 0 saturated carbocycles. The van der Waals surface area contributed by atoms with Crippen molar-refractivity contribution in [3.63, 3.8) is 0 Å². The number of aryl methyl sites for hydroxylation is 2. The molecule has 0 radical (unpaired) electrons. The van der Waals surface area contributed by atoms with Crippen molar-refractivity contribution in [2.24, 2.45) is 0 Å². The molecule has 1 heterocycles. The number of nitrogens with zero attached hydrogens (tertiary/aromatic N) is 1. The van der Waals surface area contributed by atoms with Crippen LogP contribution in [-0.2, 0) is 0 Å². The Balaban J connectivity index is 2.45. The van der Waals surface area contributed by atoms with Gasteiger partial charge in [0.1, 0.15) is 4.60 Å². The zero-order chi connectivity index (χ0) is 10.8. The number of pyridine rings is 1. The van der Waals surface area contributed by atoms with Gasteiger partial charge in [0.2, 0.25) is 0 Å². The van der Waals surface area contributed by atoms with Gasteiger partial charge in [-0.05, 0) is 47.0 Å². The van der Waals surface area contributed by atoms with Crippen LogP contribution in [0.5, 0.6) is 0 Å². The van der Waals surface area contributed by atoms with Gasteiger partial charge >= 0.3 is 0 Å². The van der Waals surface area contributed by atoms with Gasteiger partial charge in [-0.15, -0.1) is 0 Å². The predicted octanol–water partition coefficient (Wildman–Crippen LogP) is 4.13. The molecule has 0 aliphatic heterocycles. The Labute approximate surface area is 98.3 Å². The summed E-state index contributed by atoms with van der Waals surface area (Å²) >= 11 is 3.40. The number of rotatable bonds is 1. The number of aromatic nitrogens is 1. The first kappa shape index (κ1) is 10.4. The normalized spacial score (nSPS) is 10.3. The van der Waals surface area contributed by atoms with E-state index in [0.717, 1.165) is 15.7 Å². The van der Waals surface area contributed by atoms with Crippen molar-refractivity contribution in [2.75, 3.05) is 0 Å².